The van der Waals surface area contributed by atoms with Crippen LogP contribution < -0.4 is 0 Å². The third kappa shape index (κ3) is 5.46. The van der Waals surface area contributed by atoms with Gasteiger partial charge in [-0.2, -0.15) is 8.42 Å². The van der Waals surface area contributed by atoms with Crippen molar-refractivity contribution in [3.63, 3.8) is 0 Å². The predicted molar refractivity (Wildman–Crippen MR) is 66.3 cm³/mol. The number of benzene rings is 1. The van der Waals surface area contributed by atoms with Crippen molar-refractivity contribution in [3.05, 3.63) is 30.3 Å². The zero-order valence-corrected chi connectivity index (χ0v) is 9.66. The van der Waals surface area contributed by atoms with Gasteiger partial charge in [-0.3, -0.25) is 4.18 Å². The van der Waals surface area contributed by atoms with Crippen molar-refractivity contribution in [2.24, 2.45) is 0 Å². The van der Waals surface area contributed by atoms with Gasteiger partial charge in [0.2, 0.25) is 0 Å². The Morgan fingerprint density at radius 2 is 1.75 bits per heavy atom. The molecule has 0 spiro atoms. The van der Waals surface area contributed by atoms with E-state index in [0.29, 0.717) is 0 Å². The van der Waals surface area contributed by atoms with Gasteiger partial charge in [0.15, 0.2) is 0 Å². The summed E-state index contributed by atoms with van der Waals surface area (Å²) in [5.74, 6) is 0. The summed E-state index contributed by atoms with van der Waals surface area (Å²) in [6.07, 6.45) is 2.82. The summed E-state index contributed by atoms with van der Waals surface area (Å²) >= 11 is 0. The van der Waals surface area contributed by atoms with Gasteiger partial charge in [-0.1, -0.05) is 38.0 Å². The van der Waals surface area contributed by atoms with Gasteiger partial charge in [-0.05, 0) is 18.6 Å². The molecule has 0 N–H and O–H groups in total. The summed E-state index contributed by atoms with van der Waals surface area (Å²) in [7, 11) is -3.54. The fourth-order valence-corrected chi connectivity index (χ4v) is 2.14. The van der Waals surface area contributed by atoms with E-state index >= 15 is 0 Å². The molecular formula is C11H17NaO3S. The Kier molecular flexibility index (Phi) is 8.32. The SMILES string of the molecule is CCCCCOS(=O)(=O)c1ccccc1.[NaH]. The second-order valence-electron chi connectivity index (χ2n) is 3.30. The number of rotatable bonds is 6. The molecule has 0 heterocycles. The normalized spacial score (nSPS) is 10.8. The van der Waals surface area contributed by atoms with Crippen LogP contribution in [0.5, 0.6) is 0 Å². The molecule has 0 fully saturated rings. The van der Waals surface area contributed by atoms with Crippen LogP contribution >= 0.6 is 0 Å². The van der Waals surface area contributed by atoms with Crippen LogP contribution in [-0.2, 0) is 14.3 Å². The molecule has 0 radical (unpaired) electrons. The maximum absolute atomic E-state index is 11.6. The summed E-state index contributed by atoms with van der Waals surface area (Å²) in [6, 6.07) is 8.21. The van der Waals surface area contributed by atoms with Gasteiger partial charge < -0.3 is 0 Å². The third-order valence-electron chi connectivity index (χ3n) is 2.02. The number of unbranched alkanes of at least 4 members (excludes halogenated alkanes) is 2. The molecule has 86 valence electrons. The molecule has 1 aromatic rings. The second kappa shape index (κ2) is 8.25. The number of hydrogen-bond donors (Lipinski definition) is 0. The zero-order valence-electron chi connectivity index (χ0n) is 8.85. The molecule has 0 atom stereocenters. The average Bonchev–Trinajstić information content (AvgIpc) is 2.26. The molecule has 1 rings (SSSR count). The molecule has 3 nitrogen and oxygen atoms in total. The topological polar surface area (TPSA) is 43.4 Å². The second-order valence-corrected chi connectivity index (χ2v) is 4.91. The van der Waals surface area contributed by atoms with E-state index in [4.69, 9.17) is 4.18 Å². The Balaban J connectivity index is 0.00000225. The van der Waals surface area contributed by atoms with Crippen LogP contribution in [0.1, 0.15) is 26.2 Å². The monoisotopic (exact) mass is 252 g/mol. The van der Waals surface area contributed by atoms with Gasteiger partial charge in [0.05, 0.1) is 11.5 Å². The first-order chi connectivity index (χ1) is 7.17. The molecule has 0 aliphatic heterocycles. The van der Waals surface area contributed by atoms with Crippen LogP contribution in [0, 0.1) is 0 Å². The van der Waals surface area contributed by atoms with E-state index in [1.165, 1.54) is 12.1 Å². The first-order valence-electron chi connectivity index (χ1n) is 5.11. The third-order valence-corrected chi connectivity index (χ3v) is 3.34. The van der Waals surface area contributed by atoms with Crippen LogP contribution in [0.25, 0.3) is 0 Å². The molecule has 0 aliphatic carbocycles. The fraction of sp³-hybridized carbons (Fsp3) is 0.455. The maximum atomic E-state index is 11.6. The van der Waals surface area contributed by atoms with Crippen molar-refractivity contribution in [1.82, 2.24) is 0 Å². The van der Waals surface area contributed by atoms with Crippen molar-refractivity contribution in [2.75, 3.05) is 6.61 Å². The summed E-state index contributed by atoms with van der Waals surface area (Å²) < 4.78 is 28.0. The van der Waals surface area contributed by atoms with Crippen molar-refractivity contribution >= 4 is 39.7 Å². The van der Waals surface area contributed by atoms with E-state index in [-0.39, 0.29) is 41.1 Å². The quantitative estimate of drug-likeness (QED) is 0.441. The Morgan fingerprint density at radius 3 is 2.31 bits per heavy atom. The average molecular weight is 252 g/mol. The van der Waals surface area contributed by atoms with Gasteiger partial charge in [0, 0.05) is 0 Å². The van der Waals surface area contributed by atoms with Crippen molar-refractivity contribution in [3.8, 4) is 0 Å². The fourth-order valence-electron chi connectivity index (χ4n) is 1.18. The van der Waals surface area contributed by atoms with Gasteiger partial charge in [0.25, 0.3) is 10.1 Å². The Morgan fingerprint density at radius 1 is 1.12 bits per heavy atom. The van der Waals surface area contributed by atoms with Crippen LogP contribution in [-0.4, -0.2) is 44.6 Å². The Labute approximate surface area is 120 Å². The standard InChI is InChI=1S/C11H16O3S.Na.H/c1-2-3-7-10-14-15(12,13)11-8-5-4-6-9-11;;/h4-6,8-9H,2-3,7,10H2,1H3;;. The Hall–Kier alpha value is 0.130. The van der Waals surface area contributed by atoms with Crippen molar-refractivity contribution in [1.29, 1.82) is 0 Å². The van der Waals surface area contributed by atoms with Gasteiger partial charge >= 0.3 is 29.6 Å². The summed E-state index contributed by atoms with van der Waals surface area (Å²) in [5, 5.41) is 0. The van der Waals surface area contributed by atoms with Crippen LogP contribution in [0.2, 0.25) is 0 Å². The molecular weight excluding hydrogens is 235 g/mol. The molecule has 0 aromatic heterocycles. The summed E-state index contributed by atoms with van der Waals surface area (Å²) in [5.41, 5.74) is 0. The van der Waals surface area contributed by atoms with E-state index in [1.807, 2.05) is 0 Å². The Bertz CT molecular complexity index is 375. The van der Waals surface area contributed by atoms with Crippen LogP contribution in [0.15, 0.2) is 35.2 Å². The van der Waals surface area contributed by atoms with Gasteiger partial charge in [-0.15, -0.1) is 0 Å². The predicted octanol–water partition coefficient (Wildman–Crippen LogP) is 1.93. The van der Waals surface area contributed by atoms with E-state index in [0.717, 1.165) is 19.3 Å². The van der Waals surface area contributed by atoms with Crippen molar-refractivity contribution < 1.29 is 12.6 Å². The molecule has 1 aromatic carbocycles. The minimum atomic E-state index is -3.54. The molecule has 5 heteroatoms. The van der Waals surface area contributed by atoms with Gasteiger partial charge in [0.1, 0.15) is 0 Å². The molecule has 0 unspecified atom stereocenters. The van der Waals surface area contributed by atoms with Crippen LogP contribution in [0.3, 0.4) is 0 Å². The first-order valence-corrected chi connectivity index (χ1v) is 6.52. The molecule has 0 bridgehead atoms. The summed E-state index contributed by atoms with van der Waals surface area (Å²) in [6.45, 7) is 2.33. The van der Waals surface area contributed by atoms with Crippen LogP contribution in [0.4, 0.5) is 0 Å². The van der Waals surface area contributed by atoms with E-state index in [9.17, 15) is 8.42 Å². The van der Waals surface area contributed by atoms with E-state index in [1.54, 1.807) is 18.2 Å². The zero-order chi connectivity index (χ0) is 11.1. The van der Waals surface area contributed by atoms with E-state index in [2.05, 4.69) is 6.92 Å². The molecule has 0 saturated carbocycles. The minimum absolute atomic E-state index is 0. The molecule has 0 aliphatic rings. The molecule has 16 heavy (non-hydrogen) atoms. The summed E-state index contributed by atoms with van der Waals surface area (Å²) in [4.78, 5) is 0.224. The first kappa shape index (κ1) is 16.1. The number of hydrogen-bond acceptors (Lipinski definition) is 3. The van der Waals surface area contributed by atoms with Gasteiger partial charge in [-0.25, -0.2) is 0 Å². The molecule has 0 amide bonds. The molecule has 0 saturated heterocycles. The van der Waals surface area contributed by atoms with Crippen molar-refractivity contribution in [2.45, 2.75) is 31.1 Å². The van der Waals surface area contributed by atoms with E-state index < -0.39 is 10.1 Å².